The molecule has 29 heavy (non-hydrogen) atoms. The van der Waals surface area contributed by atoms with Crippen LogP contribution in [0.4, 0.5) is 0 Å². The van der Waals surface area contributed by atoms with Crippen LogP contribution < -0.4 is 4.74 Å². The van der Waals surface area contributed by atoms with E-state index < -0.39 is 5.97 Å². The summed E-state index contributed by atoms with van der Waals surface area (Å²) in [6, 6.07) is 18.8. The maximum atomic E-state index is 10.8. The van der Waals surface area contributed by atoms with Crippen molar-refractivity contribution in [1.29, 1.82) is 0 Å². The van der Waals surface area contributed by atoms with Gasteiger partial charge in [0.1, 0.15) is 18.1 Å². The van der Waals surface area contributed by atoms with E-state index in [4.69, 9.17) is 19.1 Å². The van der Waals surface area contributed by atoms with Crippen molar-refractivity contribution in [2.45, 2.75) is 19.8 Å². The predicted molar refractivity (Wildman–Crippen MR) is 110 cm³/mol. The van der Waals surface area contributed by atoms with E-state index in [2.05, 4.69) is 5.16 Å². The van der Waals surface area contributed by atoms with Gasteiger partial charge in [0.2, 0.25) is 0 Å². The summed E-state index contributed by atoms with van der Waals surface area (Å²) in [7, 11) is 0. The zero-order valence-electron chi connectivity index (χ0n) is 16.2. The number of carbonyl (C=O) groups is 1. The number of aliphatic carboxylic acids is 1. The highest BCUT2D eigenvalue weighted by atomic mass is 16.6. The Kier molecular flexibility index (Phi) is 7.05. The molecule has 1 N–H and O–H groups in total. The summed E-state index contributed by atoms with van der Waals surface area (Å²) in [6.45, 7) is 2.62. The lowest BCUT2D eigenvalue weighted by Crippen LogP contribution is -2.07. The van der Waals surface area contributed by atoms with Crippen LogP contribution in [0.5, 0.6) is 5.75 Å². The molecule has 0 aliphatic heterocycles. The molecule has 0 amide bonds. The van der Waals surface area contributed by atoms with Crippen molar-refractivity contribution in [3.8, 4) is 17.1 Å². The van der Waals surface area contributed by atoms with Gasteiger partial charge < -0.3 is 19.1 Å². The summed E-state index contributed by atoms with van der Waals surface area (Å²) in [5.41, 5.74) is 3.54. The molecule has 1 aromatic heterocycles. The molecule has 3 rings (SSSR count). The molecule has 3 aromatic rings. The fourth-order valence-corrected chi connectivity index (χ4v) is 2.83. The van der Waals surface area contributed by atoms with Crippen molar-refractivity contribution in [1.82, 2.24) is 0 Å². The van der Waals surface area contributed by atoms with Crippen LogP contribution in [-0.2, 0) is 16.1 Å². The van der Waals surface area contributed by atoms with E-state index in [1.807, 2.05) is 43.3 Å². The summed E-state index contributed by atoms with van der Waals surface area (Å²) in [6.07, 6.45) is 2.36. The number of furan rings is 1. The Morgan fingerprint density at radius 1 is 1.07 bits per heavy atom. The number of hydrogen-bond acceptors (Lipinski definition) is 5. The van der Waals surface area contributed by atoms with E-state index in [0.29, 0.717) is 17.9 Å². The van der Waals surface area contributed by atoms with Gasteiger partial charge in [-0.1, -0.05) is 48.5 Å². The Balaban J connectivity index is 1.50. The molecule has 0 fully saturated rings. The van der Waals surface area contributed by atoms with Crippen molar-refractivity contribution in [3.63, 3.8) is 0 Å². The smallest absolute Gasteiger partial charge is 0.307 e. The van der Waals surface area contributed by atoms with E-state index in [1.165, 1.54) is 0 Å². The largest absolute Gasteiger partial charge is 0.490 e. The standard InChI is InChI=1S/C23H23NO5/c1-2-21(18-8-10-19(11-9-18)22-7-4-12-28-22)24-29-14-13-27-20-6-3-5-17(15-20)16-23(25)26/h3-12,15H,2,13-14,16H2,1H3,(H,25,26). The summed E-state index contributed by atoms with van der Waals surface area (Å²) >= 11 is 0. The van der Waals surface area contributed by atoms with Gasteiger partial charge in [-0.2, -0.15) is 0 Å². The van der Waals surface area contributed by atoms with Gasteiger partial charge >= 0.3 is 5.97 Å². The van der Waals surface area contributed by atoms with E-state index in [-0.39, 0.29) is 13.0 Å². The quantitative estimate of drug-likeness (QED) is 0.304. The molecule has 0 unspecified atom stereocenters. The molecule has 0 saturated carbocycles. The summed E-state index contributed by atoms with van der Waals surface area (Å²) in [4.78, 5) is 16.2. The molecule has 6 heteroatoms. The number of carboxylic acids is 1. The van der Waals surface area contributed by atoms with Gasteiger partial charge in [-0.05, 0) is 41.8 Å². The third-order valence-corrected chi connectivity index (χ3v) is 4.23. The van der Waals surface area contributed by atoms with Gasteiger partial charge in [-0.3, -0.25) is 4.79 Å². The molecule has 6 nitrogen and oxygen atoms in total. The Bertz CT molecular complexity index is 946. The summed E-state index contributed by atoms with van der Waals surface area (Å²) in [5.74, 6) is 0.567. The number of carboxylic acid groups (broad SMARTS) is 1. The summed E-state index contributed by atoms with van der Waals surface area (Å²) in [5, 5.41) is 13.1. The van der Waals surface area contributed by atoms with Crippen LogP contribution >= 0.6 is 0 Å². The Labute approximate surface area is 169 Å². The second kappa shape index (κ2) is 10.1. The molecule has 0 bridgehead atoms. The topological polar surface area (TPSA) is 81.3 Å². The molecular weight excluding hydrogens is 370 g/mol. The SMILES string of the molecule is CCC(=NOCCOc1cccc(CC(=O)O)c1)c1ccc(-c2ccco2)cc1. The minimum absolute atomic E-state index is 0.0312. The van der Waals surface area contributed by atoms with Crippen molar-refractivity contribution < 1.29 is 23.9 Å². The van der Waals surface area contributed by atoms with Gasteiger partial charge in [0.15, 0.2) is 6.61 Å². The van der Waals surface area contributed by atoms with Gasteiger partial charge in [0.05, 0.1) is 18.4 Å². The van der Waals surface area contributed by atoms with Crippen LogP contribution in [0.1, 0.15) is 24.5 Å². The van der Waals surface area contributed by atoms with Crippen LogP contribution in [0.3, 0.4) is 0 Å². The monoisotopic (exact) mass is 393 g/mol. The highest BCUT2D eigenvalue weighted by Gasteiger charge is 2.05. The highest BCUT2D eigenvalue weighted by Crippen LogP contribution is 2.20. The van der Waals surface area contributed by atoms with E-state index in [9.17, 15) is 4.79 Å². The molecule has 150 valence electrons. The average molecular weight is 393 g/mol. The van der Waals surface area contributed by atoms with Crippen LogP contribution in [0.15, 0.2) is 76.5 Å². The fraction of sp³-hybridized carbons (Fsp3) is 0.217. The van der Waals surface area contributed by atoms with Crippen molar-refractivity contribution in [2.75, 3.05) is 13.2 Å². The minimum Gasteiger partial charge on any atom is -0.490 e. The lowest BCUT2D eigenvalue weighted by Gasteiger charge is -2.08. The molecule has 2 aromatic carbocycles. The molecule has 1 heterocycles. The zero-order chi connectivity index (χ0) is 20.5. The number of benzene rings is 2. The predicted octanol–water partition coefficient (Wildman–Crippen LogP) is 4.78. The Morgan fingerprint density at radius 2 is 1.90 bits per heavy atom. The first kappa shape index (κ1) is 20.2. The molecule has 0 atom stereocenters. The Hall–Kier alpha value is -3.54. The fourth-order valence-electron chi connectivity index (χ4n) is 2.83. The Morgan fingerprint density at radius 3 is 2.59 bits per heavy atom. The second-order valence-electron chi connectivity index (χ2n) is 6.35. The molecule has 0 aliphatic rings. The van der Waals surface area contributed by atoms with Gasteiger partial charge in [0, 0.05) is 5.56 Å². The lowest BCUT2D eigenvalue weighted by molar-refractivity contribution is -0.136. The van der Waals surface area contributed by atoms with Gasteiger partial charge in [-0.25, -0.2) is 0 Å². The lowest BCUT2D eigenvalue weighted by atomic mass is 10.1. The summed E-state index contributed by atoms with van der Waals surface area (Å²) < 4.78 is 11.0. The molecule has 0 radical (unpaired) electrons. The number of nitrogens with zero attached hydrogens (tertiary/aromatic N) is 1. The highest BCUT2D eigenvalue weighted by molar-refractivity contribution is 6.00. The van der Waals surface area contributed by atoms with Crippen LogP contribution in [0, 0.1) is 0 Å². The average Bonchev–Trinajstić information content (AvgIpc) is 3.26. The van der Waals surface area contributed by atoms with Crippen molar-refractivity contribution in [3.05, 3.63) is 78.1 Å². The normalized spacial score (nSPS) is 11.3. The zero-order valence-corrected chi connectivity index (χ0v) is 16.2. The first-order valence-electron chi connectivity index (χ1n) is 9.42. The molecular formula is C23H23NO5. The molecule has 0 saturated heterocycles. The molecule has 0 spiro atoms. The minimum atomic E-state index is -0.871. The second-order valence-corrected chi connectivity index (χ2v) is 6.35. The number of ether oxygens (including phenoxy) is 1. The van der Waals surface area contributed by atoms with E-state index in [0.717, 1.165) is 29.0 Å². The maximum absolute atomic E-state index is 10.8. The first-order chi connectivity index (χ1) is 14.2. The third kappa shape index (κ3) is 5.97. The van der Waals surface area contributed by atoms with Crippen LogP contribution in [0.2, 0.25) is 0 Å². The van der Waals surface area contributed by atoms with Gasteiger partial charge in [0.25, 0.3) is 0 Å². The molecule has 0 aliphatic carbocycles. The number of oxime groups is 1. The van der Waals surface area contributed by atoms with Crippen molar-refractivity contribution in [2.24, 2.45) is 5.16 Å². The number of rotatable bonds is 10. The third-order valence-electron chi connectivity index (χ3n) is 4.23. The van der Waals surface area contributed by atoms with Gasteiger partial charge in [-0.15, -0.1) is 0 Å². The van der Waals surface area contributed by atoms with Crippen molar-refractivity contribution >= 4 is 11.7 Å². The van der Waals surface area contributed by atoms with Crippen LogP contribution in [-0.4, -0.2) is 30.0 Å². The van der Waals surface area contributed by atoms with E-state index >= 15 is 0 Å². The van der Waals surface area contributed by atoms with Crippen LogP contribution in [0.25, 0.3) is 11.3 Å². The number of hydrogen-bond donors (Lipinski definition) is 1. The van der Waals surface area contributed by atoms with E-state index in [1.54, 1.807) is 30.5 Å². The maximum Gasteiger partial charge on any atom is 0.307 e. The first-order valence-corrected chi connectivity index (χ1v) is 9.42.